The van der Waals surface area contributed by atoms with Crippen molar-refractivity contribution in [3.8, 4) is 0 Å². The van der Waals surface area contributed by atoms with Crippen molar-refractivity contribution in [2.75, 3.05) is 0 Å². The second-order valence-electron chi connectivity index (χ2n) is 7.23. The average Bonchev–Trinajstić information content (AvgIpc) is 3.09. The molecule has 2 aliphatic rings. The molecule has 2 amide bonds. The Kier molecular flexibility index (Phi) is 7.06. The fourth-order valence-corrected chi connectivity index (χ4v) is 3.84. The maximum atomic E-state index is 12.3. The van der Waals surface area contributed by atoms with Gasteiger partial charge in [0.1, 0.15) is 6.04 Å². The van der Waals surface area contributed by atoms with Gasteiger partial charge in [-0.2, -0.15) is 0 Å². The zero-order valence-corrected chi connectivity index (χ0v) is 14.6. The van der Waals surface area contributed by atoms with Gasteiger partial charge in [-0.05, 0) is 44.9 Å². The Morgan fingerprint density at radius 1 is 0.958 bits per heavy atom. The maximum Gasteiger partial charge on any atom is 0.326 e. The van der Waals surface area contributed by atoms with Gasteiger partial charge in [-0.25, -0.2) is 4.79 Å². The van der Waals surface area contributed by atoms with E-state index >= 15 is 0 Å². The average molecular weight is 338 g/mol. The van der Waals surface area contributed by atoms with Crippen LogP contribution in [0.1, 0.15) is 71.1 Å². The molecule has 1 atom stereocenters. The van der Waals surface area contributed by atoms with Gasteiger partial charge in [-0.15, -0.1) is 0 Å². The summed E-state index contributed by atoms with van der Waals surface area (Å²) >= 11 is 0. The summed E-state index contributed by atoms with van der Waals surface area (Å²) in [5.41, 5.74) is 0. The molecule has 3 N–H and O–H groups in total. The Hall–Kier alpha value is -1.59. The molecule has 2 fully saturated rings. The Morgan fingerprint density at radius 2 is 1.54 bits per heavy atom. The first-order chi connectivity index (χ1) is 11.5. The first-order valence-corrected chi connectivity index (χ1v) is 9.34. The molecule has 0 aromatic rings. The van der Waals surface area contributed by atoms with Crippen LogP contribution in [-0.2, 0) is 14.4 Å². The van der Waals surface area contributed by atoms with Gasteiger partial charge < -0.3 is 15.7 Å². The van der Waals surface area contributed by atoms with E-state index in [1.165, 1.54) is 0 Å². The van der Waals surface area contributed by atoms with Crippen LogP contribution in [0.3, 0.4) is 0 Å². The zero-order chi connectivity index (χ0) is 17.5. The number of aliphatic carboxylic acids is 1. The molecule has 0 spiro atoms. The van der Waals surface area contributed by atoms with Crippen molar-refractivity contribution in [2.45, 2.75) is 83.2 Å². The van der Waals surface area contributed by atoms with Crippen LogP contribution >= 0.6 is 0 Å². The lowest BCUT2D eigenvalue weighted by molar-refractivity contribution is -0.143. The molecule has 0 heterocycles. The minimum Gasteiger partial charge on any atom is -0.480 e. The first-order valence-electron chi connectivity index (χ1n) is 9.34. The van der Waals surface area contributed by atoms with Crippen molar-refractivity contribution in [1.82, 2.24) is 10.6 Å². The summed E-state index contributed by atoms with van der Waals surface area (Å²) in [6.07, 6.45) is 8.46. The summed E-state index contributed by atoms with van der Waals surface area (Å²) < 4.78 is 0. The molecule has 0 bridgehead atoms. The molecule has 136 valence electrons. The number of hydrogen-bond donors (Lipinski definition) is 3. The molecule has 2 rings (SSSR count). The van der Waals surface area contributed by atoms with Crippen molar-refractivity contribution in [3.63, 3.8) is 0 Å². The Balaban J connectivity index is 1.74. The third-order valence-electron chi connectivity index (χ3n) is 5.36. The number of carbonyl (C=O) groups is 3. The van der Waals surface area contributed by atoms with E-state index < -0.39 is 12.0 Å². The minimum absolute atomic E-state index is 0.136. The lowest BCUT2D eigenvalue weighted by Crippen LogP contribution is -2.46. The maximum absolute atomic E-state index is 12.3. The lowest BCUT2D eigenvalue weighted by atomic mass is 9.85. The molecule has 0 aromatic carbocycles. The Morgan fingerprint density at radius 3 is 2.08 bits per heavy atom. The van der Waals surface area contributed by atoms with Crippen LogP contribution < -0.4 is 10.6 Å². The van der Waals surface area contributed by atoms with Crippen molar-refractivity contribution >= 4 is 17.8 Å². The Labute approximate surface area is 143 Å². The summed E-state index contributed by atoms with van der Waals surface area (Å²) in [5.74, 6) is -0.909. The fourth-order valence-electron chi connectivity index (χ4n) is 3.84. The first kappa shape index (κ1) is 18.7. The molecule has 24 heavy (non-hydrogen) atoms. The van der Waals surface area contributed by atoms with Crippen molar-refractivity contribution in [3.05, 3.63) is 0 Å². The molecule has 6 nitrogen and oxygen atoms in total. The number of hydrogen-bond acceptors (Lipinski definition) is 3. The van der Waals surface area contributed by atoms with E-state index in [0.29, 0.717) is 19.3 Å². The van der Waals surface area contributed by atoms with Gasteiger partial charge in [0.2, 0.25) is 11.8 Å². The van der Waals surface area contributed by atoms with E-state index in [1.54, 1.807) is 0 Å². The molecule has 2 saturated carbocycles. The van der Waals surface area contributed by atoms with Crippen LogP contribution in [0.25, 0.3) is 0 Å². The molecule has 0 saturated heterocycles. The standard InChI is InChI=1S/C18H30N2O4/c1-2-5-15(18(23)24)20-17(22)13-8-10-14(11-9-13)19-16(21)12-6-3-4-7-12/h12-15H,2-11H2,1H3,(H,19,21)(H,20,22)(H,23,24). The monoisotopic (exact) mass is 338 g/mol. The molecule has 1 unspecified atom stereocenters. The molecular formula is C18H30N2O4. The van der Waals surface area contributed by atoms with E-state index in [2.05, 4.69) is 10.6 Å². The van der Waals surface area contributed by atoms with Crippen molar-refractivity contribution in [1.29, 1.82) is 0 Å². The van der Waals surface area contributed by atoms with E-state index in [1.807, 2.05) is 6.92 Å². The summed E-state index contributed by atoms with van der Waals surface area (Å²) in [6.45, 7) is 1.90. The normalized spacial score (nSPS) is 25.9. The zero-order valence-electron chi connectivity index (χ0n) is 14.6. The highest BCUT2D eigenvalue weighted by molar-refractivity contribution is 5.85. The van der Waals surface area contributed by atoms with Gasteiger partial charge in [0.15, 0.2) is 0 Å². The molecule has 0 radical (unpaired) electrons. The SMILES string of the molecule is CCCC(NC(=O)C1CCC(NC(=O)C2CCCC2)CC1)C(=O)O. The highest BCUT2D eigenvalue weighted by Gasteiger charge is 2.31. The number of rotatable bonds is 7. The van der Waals surface area contributed by atoms with Crippen molar-refractivity contribution < 1.29 is 19.5 Å². The summed E-state index contributed by atoms with van der Waals surface area (Å²) in [4.78, 5) is 35.6. The number of carbonyl (C=O) groups excluding carboxylic acids is 2. The third-order valence-corrected chi connectivity index (χ3v) is 5.36. The number of nitrogens with one attached hydrogen (secondary N) is 2. The second-order valence-corrected chi connectivity index (χ2v) is 7.23. The van der Waals surface area contributed by atoms with E-state index in [4.69, 9.17) is 5.11 Å². The van der Waals surface area contributed by atoms with Gasteiger partial charge in [-0.3, -0.25) is 9.59 Å². The van der Waals surface area contributed by atoms with E-state index in [-0.39, 0.29) is 29.7 Å². The topological polar surface area (TPSA) is 95.5 Å². The van der Waals surface area contributed by atoms with E-state index in [0.717, 1.165) is 44.9 Å². The van der Waals surface area contributed by atoms with Gasteiger partial charge in [0.05, 0.1) is 0 Å². The lowest BCUT2D eigenvalue weighted by Gasteiger charge is -2.30. The quantitative estimate of drug-likeness (QED) is 0.663. The van der Waals surface area contributed by atoms with Crippen LogP contribution in [0.2, 0.25) is 0 Å². The number of carboxylic acids is 1. The summed E-state index contributed by atoms with van der Waals surface area (Å²) in [5, 5.41) is 14.9. The van der Waals surface area contributed by atoms with Gasteiger partial charge in [0, 0.05) is 17.9 Å². The van der Waals surface area contributed by atoms with Gasteiger partial charge >= 0.3 is 5.97 Å². The Bertz CT molecular complexity index is 452. The fraction of sp³-hybridized carbons (Fsp3) is 0.833. The van der Waals surface area contributed by atoms with Crippen molar-refractivity contribution in [2.24, 2.45) is 11.8 Å². The predicted octanol–water partition coefficient (Wildman–Crippen LogP) is 2.22. The molecular weight excluding hydrogens is 308 g/mol. The van der Waals surface area contributed by atoms with Crippen LogP contribution in [0.4, 0.5) is 0 Å². The van der Waals surface area contributed by atoms with Crippen LogP contribution in [-0.4, -0.2) is 35.0 Å². The van der Waals surface area contributed by atoms with Gasteiger partial charge in [-0.1, -0.05) is 26.2 Å². The largest absolute Gasteiger partial charge is 0.480 e. The number of carboxylic acid groups (broad SMARTS) is 1. The molecule has 0 aliphatic heterocycles. The van der Waals surface area contributed by atoms with Crippen LogP contribution in [0, 0.1) is 11.8 Å². The van der Waals surface area contributed by atoms with Crippen LogP contribution in [0.15, 0.2) is 0 Å². The number of amides is 2. The molecule has 0 aromatic heterocycles. The predicted molar refractivity (Wildman–Crippen MR) is 90.3 cm³/mol. The molecule has 2 aliphatic carbocycles. The highest BCUT2D eigenvalue weighted by Crippen LogP contribution is 2.28. The molecule has 6 heteroatoms. The third kappa shape index (κ3) is 5.21. The minimum atomic E-state index is -0.970. The second kappa shape index (κ2) is 9.04. The highest BCUT2D eigenvalue weighted by atomic mass is 16.4. The van der Waals surface area contributed by atoms with E-state index in [9.17, 15) is 14.4 Å². The summed E-state index contributed by atoms with van der Waals surface area (Å²) in [7, 11) is 0. The van der Waals surface area contributed by atoms with Gasteiger partial charge in [0.25, 0.3) is 0 Å². The smallest absolute Gasteiger partial charge is 0.326 e. The van der Waals surface area contributed by atoms with Crippen LogP contribution in [0.5, 0.6) is 0 Å². The summed E-state index contributed by atoms with van der Waals surface area (Å²) in [6, 6.07) is -0.629.